The highest BCUT2D eigenvalue weighted by Gasteiger charge is 2.14. The van der Waals surface area contributed by atoms with Gasteiger partial charge in [-0.25, -0.2) is 0 Å². The molecule has 0 atom stereocenters. The summed E-state index contributed by atoms with van der Waals surface area (Å²) in [5.41, 5.74) is 1.70. The monoisotopic (exact) mass is 368 g/mol. The number of benzene rings is 2. The number of esters is 1. The van der Waals surface area contributed by atoms with Crippen LogP contribution in [0.3, 0.4) is 0 Å². The summed E-state index contributed by atoms with van der Waals surface area (Å²) in [6.07, 6.45) is 1.90. The van der Waals surface area contributed by atoms with Crippen LogP contribution in [0.15, 0.2) is 54.6 Å². The zero-order valence-corrected chi connectivity index (χ0v) is 15.4. The minimum Gasteiger partial charge on any atom is -0.456 e. The quantitative estimate of drug-likeness (QED) is 0.665. The Morgan fingerprint density at radius 2 is 1.67 bits per heavy atom. The zero-order chi connectivity index (χ0) is 19.5. The molecule has 27 heavy (non-hydrogen) atoms. The first-order valence-corrected chi connectivity index (χ1v) is 8.96. The summed E-state index contributed by atoms with van der Waals surface area (Å²) in [5.74, 6) is -1.18. The topological polar surface area (TPSA) is 84.5 Å². The molecule has 6 heteroatoms. The SMILES string of the molecule is CCCCC(=O)OCC(=O)Nc1ccccc1C(=O)NCc1ccccc1. The number of para-hydroxylation sites is 1. The van der Waals surface area contributed by atoms with Gasteiger partial charge in [0.15, 0.2) is 6.61 Å². The number of carbonyl (C=O) groups excluding carboxylic acids is 3. The Morgan fingerprint density at radius 3 is 2.41 bits per heavy atom. The minimum atomic E-state index is -0.483. The minimum absolute atomic E-state index is 0.294. The molecule has 142 valence electrons. The van der Waals surface area contributed by atoms with Crippen molar-refractivity contribution in [2.45, 2.75) is 32.7 Å². The Labute approximate surface area is 158 Å². The van der Waals surface area contributed by atoms with Gasteiger partial charge >= 0.3 is 5.97 Å². The predicted molar refractivity (Wildman–Crippen MR) is 103 cm³/mol. The second-order valence-electron chi connectivity index (χ2n) is 6.03. The Bertz CT molecular complexity index is 775. The molecule has 2 aromatic carbocycles. The average molecular weight is 368 g/mol. The third kappa shape index (κ3) is 6.93. The van der Waals surface area contributed by atoms with E-state index < -0.39 is 11.9 Å². The molecule has 0 saturated carbocycles. The van der Waals surface area contributed by atoms with E-state index in [4.69, 9.17) is 4.74 Å². The standard InChI is InChI=1S/C21H24N2O4/c1-2-3-13-20(25)27-15-19(24)23-18-12-8-7-11-17(18)21(26)22-14-16-9-5-4-6-10-16/h4-12H,2-3,13-15H2,1H3,(H,22,26)(H,23,24). The van der Waals surface area contributed by atoms with Crippen molar-refractivity contribution in [3.05, 3.63) is 65.7 Å². The number of hydrogen-bond donors (Lipinski definition) is 2. The Balaban J connectivity index is 1.91. The normalized spacial score (nSPS) is 10.1. The maximum Gasteiger partial charge on any atom is 0.306 e. The van der Waals surface area contributed by atoms with E-state index in [-0.39, 0.29) is 12.5 Å². The summed E-state index contributed by atoms with van der Waals surface area (Å²) < 4.78 is 4.93. The Morgan fingerprint density at radius 1 is 0.963 bits per heavy atom. The van der Waals surface area contributed by atoms with E-state index in [0.29, 0.717) is 24.2 Å². The first-order chi connectivity index (χ1) is 13.1. The van der Waals surface area contributed by atoms with Crippen LogP contribution in [0.25, 0.3) is 0 Å². The number of ether oxygens (including phenoxy) is 1. The highest BCUT2D eigenvalue weighted by Crippen LogP contribution is 2.15. The van der Waals surface area contributed by atoms with Crippen LogP contribution in [0.2, 0.25) is 0 Å². The van der Waals surface area contributed by atoms with Crippen LogP contribution in [0.4, 0.5) is 5.69 Å². The van der Waals surface area contributed by atoms with Gasteiger partial charge in [0, 0.05) is 13.0 Å². The number of carbonyl (C=O) groups is 3. The molecule has 0 bridgehead atoms. The summed E-state index contributed by atoms with van der Waals surface area (Å²) in [6.45, 7) is 1.99. The maximum atomic E-state index is 12.5. The lowest BCUT2D eigenvalue weighted by Gasteiger charge is -2.12. The molecule has 2 amide bonds. The molecular weight excluding hydrogens is 344 g/mol. The molecule has 0 aliphatic carbocycles. The number of anilines is 1. The van der Waals surface area contributed by atoms with Gasteiger partial charge in [-0.2, -0.15) is 0 Å². The summed E-state index contributed by atoms with van der Waals surface area (Å²) in [4.78, 5) is 36.0. The number of nitrogens with one attached hydrogen (secondary N) is 2. The Hall–Kier alpha value is -3.15. The lowest BCUT2D eigenvalue weighted by Crippen LogP contribution is -2.26. The highest BCUT2D eigenvalue weighted by atomic mass is 16.5. The van der Waals surface area contributed by atoms with E-state index in [1.165, 1.54) is 0 Å². The van der Waals surface area contributed by atoms with Gasteiger partial charge in [0.25, 0.3) is 11.8 Å². The molecule has 0 unspecified atom stereocenters. The third-order valence-corrected chi connectivity index (χ3v) is 3.84. The number of hydrogen-bond acceptors (Lipinski definition) is 4. The van der Waals surface area contributed by atoms with Crippen LogP contribution in [-0.2, 0) is 20.9 Å². The molecule has 2 aromatic rings. The van der Waals surface area contributed by atoms with Crippen LogP contribution in [0.1, 0.15) is 42.1 Å². The molecule has 2 rings (SSSR count). The van der Waals surface area contributed by atoms with Crippen molar-refractivity contribution in [2.24, 2.45) is 0 Å². The van der Waals surface area contributed by atoms with Gasteiger partial charge < -0.3 is 15.4 Å². The molecule has 0 aromatic heterocycles. The van der Waals surface area contributed by atoms with Crippen molar-refractivity contribution < 1.29 is 19.1 Å². The molecule has 0 aliphatic rings. The summed E-state index contributed by atoms with van der Waals surface area (Å²) in [7, 11) is 0. The molecular formula is C21H24N2O4. The van der Waals surface area contributed by atoms with Crippen molar-refractivity contribution in [1.82, 2.24) is 5.32 Å². The fourth-order valence-corrected chi connectivity index (χ4v) is 2.39. The van der Waals surface area contributed by atoms with Crippen molar-refractivity contribution in [3.63, 3.8) is 0 Å². The highest BCUT2D eigenvalue weighted by molar-refractivity contribution is 6.04. The second-order valence-corrected chi connectivity index (χ2v) is 6.03. The molecule has 0 heterocycles. The number of amides is 2. The van der Waals surface area contributed by atoms with Gasteiger partial charge in [-0.1, -0.05) is 55.8 Å². The van der Waals surface area contributed by atoms with Crippen LogP contribution in [0, 0.1) is 0 Å². The molecule has 0 aliphatic heterocycles. The van der Waals surface area contributed by atoms with E-state index >= 15 is 0 Å². The molecule has 0 saturated heterocycles. The van der Waals surface area contributed by atoms with Gasteiger partial charge in [-0.05, 0) is 24.1 Å². The van der Waals surface area contributed by atoms with E-state index in [1.54, 1.807) is 24.3 Å². The zero-order valence-electron chi connectivity index (χ0n) is 15.4. The summed E-state index contributed by atoms with van der Waals surface area (Å²) >= 11 is 0. The smallest absolute Gasteiger partial charge is 0.306 e. The number of rotatable bonds is 9. The van der Waals surface area contributed by atoms with Gasteiger partial charge in [0.05, 0.1) is 11.3 Å². The predicted octanol–water partition coefficient (Wildman–Crippen LogP) is 3.29. The summed E-state index contributed by atoms with van der Waals surface area (Å²) in [6, 6.07) is 16.2. The average Bonchev–Trinajstić information content (AvgIpc) is 2.70. The van der Waals surface area contributed by atoms with Gasteiger partial charge in [-0.3, -0.25) is 14.4 Å². The second kappa shape index (κ2) is 10.8. The lowest BCUT2D eigenvalue weighted by molar-refractivity contribution is -0.147. The van der Waals surface area contributed by atoms with E-state index in [2.05, 4.69) is 10.6 Å². The van der Waals surface area contributed by atoms with Gasteiger partial charge in [0.2, 0.25) is 0 Å². The largest absolute Gasteiger partial charge is 0.456 e. The fourth-order valence-electron chi connectivity index (χ4n) is 2.39. The van der Waals surface area contributed by atoms with Crippen LogP contribution >= 0.6 is 0 Å². The van der Waals surface area contributed by atoms with Crippen LogP contribution in [0.5, 0.6) is 0 Å². The van der Waals surface area contributed by atoms with E-state index in [9.17, 15) is 14.4 Å². The van der Waals surface area contributed by atoms with Crippen molar-refractivity contribution in [3.8, 4) is 0 Å². The Kier molecular flexibility index (Phi) is 8.03. The molecule has 2 N–H and O–H groups in total. The van der Waals surface area contributed by atoms with Gasteiger partial charge in [0.1, 0.15) is 0 Å². The lowest BCUT2D eigenvalue weighted by atomic mass is 10.1. The van der Waals surface area contributed by atoms with E-state index in [0.717, 1.165) is 18.4 Å². The van der Waals surface area contributed by atoms with Crippen LogP contribution in [-0.4, -0.2) is 24.4 Å². The maximum absolute atomic E-state index is 12.5. The first kappa shape index (κ1) is 20.2. The molecule has 0 radical (unpaired) electrons. The molecule has 0 spiro atoms. The van der Waals surface area contributed by atoms with Crippen molar-refractivity contribution in [2.75, 3.05) is 11.9 Å². The first-order valence-electron chi connectivity index (χ1n) is 8.96. The van der Waals surface area contributed by atoms with Crippen molar-refractivity contribution >= 4 is 23.5 Å². The fraction of sp³-hybridized carbons (Fsp3) is 0.286. The van der Waals surface area contributed by atoms with E-state index in [1.807, 2.05) is 37.3 Å². The molecule has 6 nitrogen and oxygen atoms in total. The van der Waals surface area contributed by atoms with Crippen LogP contribution < -0.4 is 10.6 Å². The van der Waals surface area contributed by atoms with Gasteiger partial charge in [-0.15, -0.1) is 0 Å². The molecule has 0 fully saturated rings. The third-order valence-electron chi connectivity index (χ3n) is 3.84. The number of unbranched alkanes of at least 4 members (excludes halogenated alkanes) is 1. The summed E-state index contributed by atoms with van der Waals surface area (Å²) in [5, 5.41) is 5.45. The van der Waals surface area contributed by atoms with Crippen molar-refractivity contribution in [1.29, 1.82) is 0 Å².